The molecule has 1 amide bonds. The number of nitrogen functional groups attached to an aromatic ring is 1. The molecule has 2 saturated heterocycles. The zero-order valence-electron chi connectivity index (χ0n) is 24.3. The number of nitrogens with zero attached hydrogens (tertiary/aromatic N) is 5. The van der Waals surface area contributed by atoms with Crippen LogP contribution in [-0.2, 0) is 28.7 Å². The summed E-state index contributed by atoms with van der Waals surface area (Å²) in [7, 11) is 1.79. The number of hydrogen-bond donors (Lipinski definition) is 1. The first-order chi connectivity index (χ1) is 20.3. The van der Waals surface area contributed by atoms with Crippen LogP contribution in [0.25, 0.3) is 0 Å². The van der Waals surface area contributed by atoms with Gasteiger partial charge in [-0.2, -0.15) is 23.1 Å². The average molecular weight is 611 g/mol. The highest BCUT2D eigenvalue weighted by Crippen LogP contribution is 2.44. The SMILES string of the molecule is C=CC(=O)N1CCN(c2nc(OCC3CC(F)CN3C)nc3c2COC(c2c(F)c(N)cc(C)c2C(F)(F)F)C3)C(C)C1. The van der Waals surface area contributed by atoms with Gasteiger partial charge in [-0.05, 0) is 45.0 Å². The van der Waals surface area contributed by atoms with E-state index in [4.69, 9.17) is 15.2 Å². The van der Waals surface area contributed by atoms with Crippen LogP contribution in [0.3, 0.4) is 0 Å². The lowest BCUT2D eigenvalue weighted by Crippen LogP contribution is -2.54. The second kappa shape index (κ2) is 11.9. The number of amides is 1. The molecule has 14 heteroatoms. The molecule has 4 unspecified atom stereocenters. The van der Waals surface area contributed by atoms with Crippen molar-refractivity contribution in [2.75, 3.05) is 50.5 Å². The van der Waals surface area contributed by atoms with Gasteiger partial charge in [-0.25, -0.2) is 8.78 Å². The van der Waals surface area contributed by atoms with E-state index < -0.39 is 41.1 Å². The first-order valence-corrected chi connectivity index (χ1v) is 14.1. The first kappa shape index (κ1) is 30.9. The van der Waals surface area contributed by atoms with Gasteiger partial charge in [-0.1, -0.05) is 6.58 Å². The number of ether oxygens (including phenoxy) is 2. The van der Waals surface area contributed by atoms with Gasteiger partial charge in [0.25, 0.3) is 0 Å². The van der Waals surface area contributed by atoms with E-state index in [1.807, 2.05) is 16.7 Å². The van der Waals surface area contributed by atoms with Crippen molar-refractivity contribution in [3.63, 3.8) is 0 Å². The number of likely N-dealkylation sites (N-methyl/N-ethyl adjacent to an activating group) is 1. The van der Waals surface area contributed by atoms with E-state index >= 15 is 4.39 Å². The fourth-order valence-corrected chi connectivity index (χ4v) is 6.22. The molecule has 4 atom stereocenters. The molecular weight excluding hydrogens is 575 g/mol. The highest BCUT2D eigenvalue weighted by atomic mass is 19.4. The zero-order chi connectivity index (χ0) is 31.2. The molecule has 0 aliphatic carbocycles. The minimum absolute atomic E-state index is 0.0258. The minimum Gasteiger partial charge on any atom is -0.462 e. The third-order valence-electron chi connectivity index (χ3n) is 8.42. The van der Waals surface area contributed by atoms with E-state index in [1.54, 1.807) is 11.9 Å². The van der Waals surface area contributed by atoms with Crippen LogP contribution >= 0.6 is 0 Å². The van der Waals surface area contributed by atoms with Gasteiger partial charge in [0, 0.05) is 55.8 Å². The third kappa shape index (κ3) is 6.12. The molecule has 2 N–H and O–H groups in total. The van der Waals surface area contributed by atoms with Crippen LogP contribution in [0.5, 0.6) is 6.01 Å². The summed E-state index contributed by atoms with van der Waals surface area (Å²) in [5.74, 6) is -0.919. The topological polar surface area (TPSA) is 97.0 Å². The molecule has 0 bridgehead atoms. The van der Waals surface area contributed by atoms with E-state index in [0.29, 0.717) is 36.7 Å². The van der Waals surface area contributed by atoms with E-state index in [1.165, 1.54) is 13.0 Å². The maximum Gasteiger partial charge on any atom is 0.417 e. The summed E-state index contributed by atoms with van der Waals surface area (Å²) in [4.78, 5) is 26.9. The summed E-state index contributed by atoms with van der Waals surface area (Å²) in [5, 5.41) is 0. The fraction of sp³-hybridized carbons (Fsp3) is 0.552. The largest absolute Gasteiger partial charge is 0.462 e. The number of aryl methyl sites for hydroxylation is 1. The van der Waals surface area contributed by atoms with Gasteiger partial charge in [0.2, 0.25) is 5.91 Å². The van der Waals surface area contributed by atoms with Crippen LogP contribution in [0.15, 0.2) is 18.7 Å². The first-order valence-electron chi connectivity index (χ1n) is 14.1. The number of fused-ring (bicyclic) bond motifs is 1. The van der Waals surface area contributed by atoms with E-state index in [2.05, 4.69) is 16.5 Å². The van der Waals surface area contributed by atoms with Crippen LogP contribution in [0, 0.1) is 12.7 Å². The Labute approximate surface area is 246 Å². The summed E-state index contributed by atoms with van der Waals surface area (Å²) in [6, 6.07) is 0.536. The molecule has 0 saturated carbocycles. The Morgan fingerprint density at radius 1 is 1.28 bits per heavy atom. The van der Waals surface area contributed by atoms with Gasteiger partial charge in [-0.15, -0.1) is 0 Å². The molecule has 0 radical (unpaired) electrons. The maximum atomic E-state index is 15.3. The molecule has 3 aliphatic rings. The Morgan fingerprint density at radius 2 is 2.02 bits per heavy atom. The molecule has 1 aromatic carbocycles. The average Bonchev–Trinajstić information content (AvgIpc) is 3.28. The second-order valence-electron chi connectivity index (χ2n) is 11.4. The monoisotopic (exact) mass is 610 g/mol. The number of nitrogens with two attached hydrogens (primary N) is 1. The van der Waals surface area contributed by atoms with Gasteiger partial charge in [0.15, 0.2) is 5.82 Å². The Kier molecular flexibility index (Phi) is 8.54. The Balaban J connectivity index is 1.52. The lowest BCUT2D eigenvalue weighted by molar-refractivity contribution is -0.140. The summed E-state index contributed by atoms with van der Waals surface area (Å²) in [6.07, 6.45) is -5.80. The standard InChI is InChI=1S/C29H35F5N6O3/c1-5-23(41)39-6-7-40(16(3)11-39)27-19-14-42-22(24-25(29(32,33)34)15(2)8-20(35)26(24)31)10-21(19)36-28(37-27)43-13-18-9-17(30)12-38(18)4/h5,8,16-18,22H,1,6-7,9-14,35H2,2-4H3. The molecule has 4 heterocycles. The van der Waals surface area contributed by atoms with Crippen molar-refractivity contribution in [3.8, 4) is 6.01 Å². The van der Waals surface area contributed by atoms with Gasteiger partial charge >= 0.3 is 12.2 Å². The van der Waals surface area contributed by atoms with Gasteiger partial charge in [0.05, 0.1) is 29.7 Å². The van der Waals surface area contributed by atoms with Gasteiger partial charge in [0.1, 0.15) is 18.6 Å². The van der Waals surface area contributed by atoms with E-state index in [-0.39, 0.29) is 62.2 Å². The lowest BCUT2D eigenvalue weighted by atomic mass is 9.91. The zero-order valence-corrected chi connectivity index (χ0v) is 24.3. The maximum absolute atomic E-state index is 15.3. The van der Waals surface area contributed by atoms with Crippen LogP contribution in [0.4, 0.5) is 33.5 Å². The van der Waals surface area contributed by atoms with Gasteiger partial charge < -0.3 is 25.0 Å². The molecule has 9 nitrogen and oxygen atoms in total. The Bertz CT molecular complexity index is 1410. The molecule has 2 aromatic rings. The Hall–Kier alpha value is -3.52. The molecular formula is C29H35F5N6O3. The smallest absolute Gasteiger partial charge is 0.417 e. The predicted molar refractivity (Wildman–Crippen MR) is 149 cm³/mol. The number of carbonyl (C=O) groups is 1. The molecule has 0 spiro atoms. The van der Waals surface area contributed by atoms with Crippen molar-refractivity contribution in [1.29, 1.82) is 0 Å². The minimum atomic E-state index is -4.84. The summed E-state index contributed by atoms with van der Waals surface area (Å²) >= 11 is 0. The summed E-state index contributed by atoms with van der Waals surface area (Å²) in [5.41, 5.74) is 4.22. The lowest BCUT2D eigenvalue weighted by Gasteiger charge is -2.41. The van der Waals surface area contributed by atoms with Crippen LogP contribution in [-0.4, -0.2) is 83.8 Å². The molecule has 1 aromatic heterocycles. The van der Waals surface area contributed by atoms with Crippen LogP contribution < -0.4 is 15.4 Å². The molecule has 3 aliphatic heterocycles. The number of benzene rings is 1. The summed E-state index contributed by atoms with van der Waals surface area (Å²) < 4.78 is 83.5. The second-order valence-corrected chi connectivity index (χ2v) is 11.4. The quantitative estimate of drug-likeness (QED) is 0.298. The van der Waals surface area contributed by atoms with E-state index in [9.17, 15) is 22.4 Å². The number of rotatable bonds is 6. The number of carbonyl (C=O) groups excluding carboxylic acids is 1. The fourth-order valence-electron chi connectivity index (χ4n) is 6.22. The number of hydrogen-bond acceptors (Lipinski definition) is 8. The van der Waals surface area contributed by atoms with Crippen LogP contribution in [0.2, 0.25) is 0 Å². The number of alkyl halides is 4. The van der Waals surface area contributed by atoms with Crippen molar-refractivity contribution in [2.45, 2.75) is 63.8 Å². The normalized spacial score (nSPS) is 24.7. The molecule has 5 rings (SSSR count). The van der Waals surface area contributed by atoms with Crippen molar-refractivity contribution >= 4 is 17.4 Å². The predicted octanol–water partition coefficient (Wildman–Crippen LogP) is 3.98. The number of aromatic nitrogens is 2. The number of halogens is 5. The highest BCUT2D eigenvalue weighted by molar-refractivity contribution is 5.87. The number of anilines is 2. The Morgan fingerprint density at radius 3 is 2.65 bits per heavy atom. The third-order valence-corrected chi connectivity index (χ3v) is 8.42. The number of likely N-dealkylation sites (tertiary alicyclic amines) is 1. The number of piperazine rings is 1. The van der Waals surface area contributed by atoms with E-state index in [0.717, 1.165) is 6.07 Å². The van der Waals surface area contributed by atoms with Crippen molar-refractivity contribution in [3.05, 3.63) is 52.5 Å². The summed E-state index contributed by atoms with van der Waals surface area (Å²) in [6.45, 7) is 8.07. The molecule has 43 heavy (non-hydrogen) atoms. The molecule has 234 valence electrons. The van der Waals surface area contributed by atoms with Crippen LogP contribution in [0.1, 0.15) is 47.4 Å². The van der Waals surface area contributed by atoms with Crippen molar-refractivity contribution in [1.82, 2.24) is 19.8 Å². The van der Waals surface area contributed by atoms with Gasteiger partial charge in [-0.3, -0.25) is 9.69 Å². The molecule has 2 fully saturated rings. The van der Waals surface area contributed by atoms with Crippen molar-refractivity contribution < 1.29 is 36.2 Å². The highest BCUT2D eigenvalue weighted by Gasteiger charge is 2.42. The van der Waals surface area contributed by atoms with Crippen molar-refractivity contribution in [2.24, 2.45) is 0 Å².